The summed E-state index contributed by atoms with van der Waals surface area (Å²) in [4.78, 5) is 0. The number of hydrogen-bond acceptors (Lipinski definition) is 1. The molecule has 0 aromatic rings. The summed E-state index contributed by atoms with van der Waals surface area (Å²) in [5.41, 5.74) is 0. The molecule has 2 nitrogen and oxygen atoms in total. The summed E-state index contributed by atoms with van der Waals surface area (Å²) in [5, 5.41) is 7.85. The molecule has 51 valence electrons. The lowest BCUT2D eigenvalue weighted by Crippen LogP contribution is -2.40. The Morgan fingerprint density at radius 2 is 2.33 bits per heavy atom. The fourth-order valence-corrected chi connectivity index (χ4v) is 1.83. The molecule has 0 aromatic carbocycles. The van der Waals surface area contributed by atoms with Gasteiger partial charge in [0.25, 0.3) is 0 Å². The summed E-state index contributed by atoms with van der Waals surface area (Å²) in [7, 11) is 0. The van der Waals surface area contributed by atoms with Gasteiger partial charge in [0.15, 0.2) is 0 Å². The molecule has 2 aliphatic heterocycles. The maximum atomic E-state index is 4.37. The second-order valence-corrected chi connectivity index (χ2v) is 3.05. The molecule has 2 rings (SSSR count). The average molecular weight is 125 g/mol. The van der Waals surface area contributed by atoms with Gasteiger partial charge in [0, 0.05) is 19.1 Å². The Labute approximate surface area is 56.0 Å². The molecule has 0 bridgehead atoms. The molecule has 0 saturated carbocycles. The van der Waals surface area contributed by atoms with Crippen LogP contribution in [0, 0.1) is 5.92 Å². The lowest BCUT2D eigenvalue weighted by Gasteiger charge is -2.24. The molecule has 0 aliphatic carbocycles. The molecule has 2 aliphatic rings. The van der Waals surface area contributed by atoms with Crippen LogP contribution in [-0.2, 0) is 0 Å². The summed E-state index contributed by atoms with van der Waals surface area (Å²) in [6.45, 7) is 3.42. The van der Waals surface area contributed by atoms with E-state index in [1.54, 1.807) is 0 Å². The van der Waals surface area contributed by atoms with E-state index in [-0.39, 0.29) is 0 Å². The monoisotopic (exact) mass is 125 g/mol. The third kappa shape index (κ3) is 0.970. The molecule has 1 radical (unpaired) electrons. The first-order valence-corrected chi connectivity index (χ1v) is 3.83. The first kappa shape index (κ1) is 5.69. The largest absolute Gasteiger partial charge is 0.312 e. The van der Waals surface area contributed by atoms with Crippen molar-refractivity contribution in [3.8, 4) is 0 Å². The van der Waals surface area contributed by atoms with Crippen LogP contribution in [0.2, 0.25) is 0 Å². The molecule has 0 amide bonds. The summed E-state index contributed by atoms with van der Waals surface area (Å²) >= 11 is 0. The smallest absolute Gasteiger partial charge is 0.0290 e. The number of nitrogens with zero attached hydrogens (tertiary/aromatic N) is 1. The zero-order chi connectivity index (χ0) is 6.10. The highest BCUT2D eigenvalue weighted by molar-refractivity contribution is 4.88. The van der Waals surface area contributed by atoms with Crippen LogP contribution in [0.4, 0.5) is 0 Å². The van der Waals surface area contributed by atoms with E-state index in [0.29, 0.717) is 0 Å². The van der Waals surface area contributed by atoms with Crippen molar-refractivity contribution < 1.29 is 0 Å². The van der Waals surface area contributed by atoms with Crippen molar-refractivity contribution in [2.75, 3.05) is 19.6 Å². The van der Waals surface area contributed by atoms with Gasteiger partial charge >= 0.3 is 0 Å². The third-order valence-corrected chi connectivity index (χ3v) is 2.42. The lowest BCUT2D eigenvalue weighted by molar-refractivity contribution is 0.339. The van der Waals surface area contributed by atoms with Gasteiger partial charge in [-0.25, -0.2) is 5.32 Å². The summed E-state index contributed by atoms with van der Waals surface area (Å²) in [6, 6.07) is 0.749. The summed E-state index contributed by atoms with van der Waals surface area (Å²) in [5.74, 6) is 0.888. The van der Waals surface area contributed by atoms with Gasteiger partial charge in [-0.15, -0.1) is 0 Å². The summed E-state index contributed by atoms with van der Waals surface area (Å²) < 4.78 is 0. The first-order valence-electron chi connectivity index (χ1n) is 3.83. The minimum atomic E-state index is 0.749. The molecule has 0 aromatic heterocycles. The zero-order valence-electron chi connectivity index (χ0n) is 5.64. The van der Waals surface area contributed by atoms with E-state index >= 15 is 0 Å². The highest BCUT2D eigenvalue weighted by atomic mass is 15.0. The van der Waals surface area contributed by atoms with Gasteiger partial charge in [0.05, 0.1) is 0 Å². The van der Waals surface area contributed by atoms with E-state index in [9.17, 15) is 0 Å². The van der Waals surface area contributed by atoms with Gasteiger partial charge in [0.2, 0.25) is 0 Å². The van der Waals surface area contributed by atoms with Gasteiger partial charge < -0.3 is 5.32 Å². The van der Waals surface area contributed by atoms with Crippen molar-refractivity contribution in [2.24, 2.45) is 5.92 Å². The van der Waals surface area contributed by atoms with Gasteiger partial charge in [-0.3, -0.25) is 0 Å². The van der Waals surface area contributed by atoms with Gasteiger partial charge in [-0.2, -0.15) is 0 Å². The van der Waals surface area contributed by atoms with Crippen molar-refractivity contribution in [1.29, 1.82) is 0 Å². The maximum Gasteiger partial charge on any atom is 0.0290 e. The van der Waals surface area contributed by atoms with Gasteiger partial charge in [-0.1, -0.05) is 0 Å². The minimum absolute atomic E-state index is 0.749. The number of hydrogen-bond donors (Lipinski definition) is 1. The van der Waals surface area contributed by atoms with Crippen molar-refractivity contribution in [1.82, 2.24) is 10.6 Å². The molecule has 0 spiro atoms. The molecule has 2 fully saturated rings. The van der Waals surface area contributed by atoms with Crippen molar-refractivity contribution >= 4 is 0 Å². The quantitative estimate of drug-likeness (QED) is 0.483. The van der Waals surface area contributed by atoms with E-state index in [0.717, 1.165) is 25.0 Å². The van der Waals surface area contributed by atoms with E-state index in [1.807, 2.05) is 0 Å². The molecular formula is C7H13N2. The van der Waals surface area contributed by atoms with Crippen molar-refractivity contribution in [2.45, 2.75) is 18.9 Å². The Hall–Kier alpha value is -0.0800. The predicted octanol–water partition coefficient (Wildman–Crippen LogP) is -0.0274. The van der Waals surface area contributed by atoms with Crippen LogP contribution < -0.4 is 10.6 Å². The molecule has 9 heavy (non-hydrogen) atoms. The Balaban J connectivity index is 1.97. The van der Waals surface area contributed by atoms with E-state index in [2.05, 4.69) is 10.6 Å². The molecule has 2 heterocycles. The van der Waals surface area contributed by atoms with E-state index in [4.69, 9.17) is 0 Å². The minimum Gasteiger partial charge on any atom is -0.312 e. The number of nitrogens with one attached hydrogen (secondary N) is 1. The zero-order valence-corrected chi connectivity index (χ0v) is 5.64. The fourth-order valence-electron chi connectivity index (χ4n) is 1.83. The normalized spacial score (nSPS) is 42.7. The van der Waals surface area contributed by atoms with Crippen LogP contribution in [0.3, 0.4) is 0 Å². The van der Waals surface area contributed by atoms with Crippen LogP contribution in [0.1, 0.15) is 12.8 Å². The third-order valence-electron chi connectivity index (χ3n) is 2.42. The first-order chi connectivity index (χ1) is 4.47. The van der Waals surface area contributed by atoms with Gasteiger partial charge in [0.1, 0.15) is 0 Å². The second kappa shape index (κ2) is 2.27. The predicted molar refractivity (Wildman–Crippen MR) is 36.4 cm³/mol. The standard InChI is InChI=1S/C7H13N2/c1-2-6-4-8-5-7(6)9-3-1/h6-7,9H,1-5H2/t6-,7+/m1/s1. The Bertz CT molecular complexity index is 91.1. The van der Waals surface area contributed by atoms with Crippen LogP contribution in [0.15, 0.2) is 0 Å². The van der Waals surface area contributed by atoms with Crippen LogP contribution >= 0.6 is 0 Å². The average Bonchev–Trinajstić information content (AvgIpc) is 2.33. The molecule has 2 heteroatoms. The highest BCUT2D eigenvalue weighted by Crippen LogP contribution is 2.19. The highest BCUT2D eigenvalue weighted by Gasteiger charge is 2.29. The van der Waals surface area contributed by atoms with Crippen LogP contribution in [0.25, 0.3) is 0 Å². The maximum absolute atomic E-state index is 4.37. The number of piperidine rings is 1. The van der Waals surface area contributed by atoms with Crippen LogP contribution in [-0.4, -0.2) is 25.7 Å². The summed E-state index contributed by atoms with van der Waals surface area (Å²) in [6.07, 6.45) is 2.76. The Morgan fingerprint density at radius 1 is 1.33 bits per heavy atom. The molecule has 0 unspecified atom stereocenters. The van der Waals surface area contributed by atoms with Crippen LogP contribution in [0.5, 0.6) is 0 Å². The molecule has 1 N–H and O–H groups in total. The van der Waals surface area contributed by atoms with Gasteiger partial charge in [-0.05, 0) is 25.3 Å². The number of rotatable bonds is 0. The second-order valence-electron chi connectivity index (χ2n) is 3.05. The Morgan fingerprint density at radius 3 is 3.22 bits per heavy atom. The van der Waals surface area contributed by atoms with E-state index in [1.165, 1.54) is 19.4 Å². The molecule has 2 saturated heterocycles. The number of fused-ring (bicyclic) bond motifs is 1. The lowest BCUT2D eigenvalue weighted by atomic mass is 9.94. The fraction of sp³-hybridized carbons (Fsp3) is 1.00. The topological polar surface area (TPSA) is 26.1 Å². The van der Waals surface area contributed by atoms with Crippen molar-refractivity contribution in [3.63, 3.8) is 0 Å². The molecular weight excluding hydrogens is 112 g/mol. The Kier molecular flexibility index (Phi) is 1.44. The van der Waals surface area contributed by atoms with E-state index < -0.39 is 0 Å². The molecule has 2 atom stereocenters. The SMILES string of the molecule is C1CN[C@H]2C[N]C[C@H]2C1. The van der Waals surface area contributed by atoms with Crippen molar-refractivity contribution in [3.05, 3.63) is 0 Å².